The van der Waals surface area contributed by atoms with E-state index in [0.29, 0.717) is 0 Å². The molecule has 0 unspecified atom stereocenters. The van der Waals surface area contributed by atoms with Crippen LogP contribution in [0.25, 0.3) is 0 Å². The van der Waals surface area contributed by atoms with Crippen molar-refractivity contribution in [1.29, 1.82) is 0 Å². The van der Waals surface area contributed by atoms with Gasteiger partial charge in [-0.05, 0) is 32.4 Å². The summed E-state index contributed by atoms with van der Waals surface area (Å²) in [5.74, 6) is -1.10. The number of halogens is 2. The van der Waals surface area contributed by atoms with Gasteiger partial charge in [0.2, 0.25) is 0 Å². The van der Waals surface area contributed by atoms with Gasteiger partial charge >= 0.3 is 0 Å². The molecule has 0 aliphatic carbocycles. The van der Waals surface area contributed by atoms with Crippen LogP contribution in [0.2, 0.25) is 0 Å². The molecule has 0 aromatic heterocycles. The third-order valence-corrected chi connectivity index (χ3v) is 4.16. The van der Waals surface area contributed by atoms with Crippen LogP contribution in [-0.4, -0.2) is 10.8 Å². The van der Waals surface area contributed by atoms with E-state index in [1.54, 1.807) is 4.31 Å². The van der Waals surface area contributed by atoms with Gasteiger partial charge in [0.25, 0.3) is 0 Å². The van der Waals surface area contributed by atoms with Crippen molar-refractivity contribution in [3.8, 4) is 0 Å². The van der Waals surface area contributed by atoms with E-state index in [-0.39, 0.29) is 5.69 Å². The van der Waals surface area contributed by atoms with E-state index in [2.05, 4.69) is 11.2 Å². The highest BCUT2D eigenvalue weighted by Gasteiger charge is 2.33. The van der Waals surface area contributed by atoms with Crippen LogP contribution in [0.1, 0.15) is 27.2 Å². The highest BCUT2D eigenvalue weighted by molar-refractivity contribution is 7.99. The molecule has 0 saturated carbocycles. The van der Waals surface area contributed by atoms with Crippen molar-refractivity contribution in [2.45, 2.75) is 27.2 Å². The summed E-state index contributed by atoms with van der Waals surface area (Å²) in [4.78, 5) is 0. The monoisotopic (exact) mass is 296 g/mol. The lowest BCUT2D eigenvalue weighted by molar-refractivity contribution is 0.584. The van der Waals surface area contributed by atoms with E-state index in [1.165, 1.54) is 30.3 Å². The Morgan fingerprint density at radius 3 is 2.20 bits per heavy atom. The fourth-order valence-electron chi connectivity index (χ4n) is 2.18. The number of hydrogen-bond acceptors (Lipinski definition) is 3. The Kier molecular flexibility index (Phi) is 4.70. The number of hydrogen-bond donors (Lipinski definition) is 0. The van der Waals surface area contributed by atoms with Crippen molar-refractivity contribution in [3.63, 3.8) is 0 Å². The minimum absolute atomic E-state index is 0.0106. The van der Waals surface area contributed by atoms with Gasteiger partial charge in [-0.1, -0.05) is 25.1 Å². The normalized spacial score (nSPS) is 19.4. The third-order valence-electron chi connectivity index (χ3n) is 3.04. The van der Waals surface area contributed by atoms with E-state index in [9.17, 15) is 8.78 Å². The molecule has 0 bridgehead atoms. The molecule has 1 aliphatic rings. The van der Waals surface area contributed by atoms with Crippen LogP contribution in [-0.2, 0) is 0 Å². The summed E-state index contributed by atoms with van der Waals surface area (Å²) in [7, 11) is 0. The summed E-state index contributed by atoms with van der Waals surface area (Å²) < 4.78 is 31.7. The quantitative estimate of drug-likeness (QED) is 0.735. The maximum absolute atomic E-state index is 14.0. The maximum Gasteiger partial charge on any atom is 0.150 e. The SMILES string of the molecule is C/C=C1\C(=C/C)N(c2c(F)cccc2F)SN1CCC. The largest absolute Gasteiger partial charge is 0.297 e. The molecule has 1 aromatic carbocycles. The van der Waals surface area contributed by atoms with Gasteiger partial charge < -0.3 is 0 Å². The summed E-state index contributed by atoms with van der Waals surface area (Å²) in [6, 6.07) is 3.94. The maximum atomic E-state index is 14.0. The molecule has 2 rings (SSSR count). The topological polar surface area (TPSA) is 6.48 Å². The van der Waals surface area contributed by atoms with E-state index in [4.69, 9.17) is 0 Å². The van der Waals surface area contributed by atoms with Crippen LogP contribution in [0.15, 0.2) is 41.7 Å². The number of allylic oxidation sites excluding steroid dienone is 2. The lowest BCUT2D eigenvalue weighted by Crippen LogP contribution is -2.12. The zero-order valence-corrected chi connectivity index (χ0v) is 12.7. The summed E-state index contributed by atoms with van der Waals surface area (Å²) >= 11 is 1.33. The van der Waals surface area contributed by atoms with Crippen molar-refractivity contribution in [2.75, 3.05) is 10.8 Å². The van der Waals surface area contributed by atoms with Gasteiger partial charge in [0.05, 0.1) is 23.5 Å². The molecule has 1 aromatic rings. The zero-order chi connectivity index (χ0) is 14.7. The summed E-state index contributed by atoms with van der Waals surface area (Å²) in [5, 5.41) is 0. The number of rotatable bonds is 3. The van der Waals surface area contributed by atoms with Crippen molar-refractivity contribution >= 4 is 17.8 Å². The Bertz CT molecular complexity index is 535. The molecule has 2 nitrogen and oxygen atoms in total. The number of para-hydroxylation sites is 1. The highest BCUT2D eigenvalue weighted by atomic mass is 32.2. The van der Waals surface area contributed by atoms with Gasteiger partial charge in [-0.25, -0.2) is 8.78 Å². The summed E-state index contributed by atoms with van der Waals surface area (Å²) in [6.45, 7) is 6.72. The predicted octanol–water partition coefficient (Wildman–Crippen LogP) is 4.87. The molecule has 5 heteroatoms. The molecule has 1 fully saturated rings. The molecular weight excluding hydrogens is 278 g/mol. The molecular formula is C15H18F2N2S. The van der Waals surface area contributed by atoms with Crippen LogP contribution < -0.4 is 4.31 Å². The van der Waals surface area contributed by atoms with E-state index in [0.717, 1.165) is 24.4 Å². The molecule has 0 spiro atoms. The number of nitrogens with zero attached hydrogens (tertiary/aromatic N) is 2. The summed E-state index contributed by atoms with van der Waals surface area (Å²) in [6.07, 6.45) is 4.82. The van der Waals surface area contributed by atoms with Crippen LogP contribution in [0, 0.1) is 11.6 Å². The van der Waals surface area contributed by atoms with E-state index < -0.39 is 11.6 Å². The average molecular weight is 296 g/mol. The van der Waals surface area contributed by atoms with Crippen LogP contribution >= 0.6 is 12.1 Å². The van der Waals surface area contributed by atoms with Crippen LogP contribution in [0.4, 0.5) is 14.5 Å². The molecule has 1 heterocycles. The van der Waals surface area contributed by atoms with Crippen molar-refractivity contribution in [1.82, 2.24) is 4.31 Å². The second-order valence-corrected chi connectivity index (χ2v) is 5.37. The summed E-state index contributed by atoms with van der Waals surface area (Å²) in [5.41, 5.74) is 1.79. The molecule has 1 saturated heterocycles. The van der Waals surface area contributed by atoms with Crippen LogP contribution in [0.3, 0.4) is 0 Å². The van der Waals surface area contributed by atoms with Gasteiger partial charge in [-0.2, -0.15) is 0 Å². The van der Waals surface area contributed by atoms with E-state index in [1.807, 2.05) is 26.0 Å². The second kappa shape index (κ2) is 6.31. The minimum atomic E-state index is -0.550. The zero-order valence-electron chi connectivity index (χ0n) is 11.9. The lowest BCUT2D eigenvalue weighted by Gasteiger charge is -2.18. The first-order valence-corrected chi connectivity index (χ1v) is 7.39. The van der Waals surface area contributed by atoms with Gasteiger partial charge in [-0.15, -0.1) is 0 Å². The standard InChI is InChI=1S/C15H18F2N2S/c1-4-10-18-13(5-2)14(6-3)19(20-18)15-11(16)8-7-9-12(15)17/h5-9H,4,10H2,1-3H3/b13-5+,14-6+. The predicted molar refractivity (Wildman–Crippen MR) is 80.9 cm³/mol. The van der Waals surface area contributed by atoms with Gasteiger partial charge in [0.1, 0.15) is 5.69 Å². The highest BCUT2D eigenvalue weighted by Crippen LogP contribution is 2.44. The number of anilines is 1. The first-order chi connectivity index (χ1) is 9.63. The Labute approximate surface area is 123 Å². The Balaban J connectivity index is 2.47. The van der Waals surface area contributed by atoms with Gasteiger partial charge in [0, 0.05) is 6.54 Å². The molecule has 1 aliphatic heterocycles. The molecule has 108 valence electrons. The minimum Gasteiger partial charge on any atom is -0.297 e. The average Bonchev–Trinajstić information content (AvgIpc) is 2.76. The Hall–Kier alpha value is -1.49. The molecule has 0 atom stereocenters. The first-order valence-electron chi connectivity index (χ1n) is 6.66. The Morgan fingerprint density at radius 1 is 1.10 bits per heavy atom. The smallest absolute Gasteiger partial charge is 0.150 e. The first kappa shape index (κ1) is 14.9. The number of benzene rings is 1. The molecule has 0 amide bonds. The van der Waals surface area contributed by atoms with Gasteiger partial charge in [0.15, 0.2) is 11.6 Å². The molecule has 0 radical (unpaired) electrons. The lowest BCUT2D eigenvalue weighted by atomic mass is 10.2. The fraction of sp³-hybridized carbons (Fsp3) is 0.333. The van der Waals surface area contributed by atoms with Crippen molar-refractivity contribution < 1.29 is 8.78 Å². The molecule has 20 heavy (non-hydrogen) atoms. The van der Waals surface area contributed by atoms with Crippen molar-refractivity contribution in [3.05, 3.63) is 53.4 Å². The fourth-order valence-corrected chi connectivity index (χ4v) is 3.48. The van der Waals surface area contributed by atoms with Gasteiger partial charge in [-0.3, -0.25) is 8.61 Å². The third kappa shape index (κ3) is 2.54. The second-order valence-electron chi connectivity index (χ2n) is 4.40. The van der Waals surface area contributed by atoms with Crippen LogP contribution in [0.5, 0.6) is 0 Å². The molecule has 0 N–H and O–H groups in total. The van der Waals surface area contributed by atoms with Crippen molar-refractivity contribution in [2.24, 2.45) is 0 Å². The Morgan fingerprint density at radius 2 is 1.70 bits per heavy atom. The van der Waals surface area contributed by atoms with E-state index >= 15 is 0 Å².